The van der Waals surface area contributed by atoms with Crippen molar-refractivity contribution in [2.24, 2.45) is 0 Å². The van der Waals surface area contributed by atoms with E-state index in [0.717, 1.165) is 0 Å². The first-order chi connectivity index (χ1) is 9.49. The molecule has 20 heavy (non-hydrogen) atoms. The van der Waals surface area contributed by atoms with Crippen molar-refractivity contribution in [3.8, 4) is 5.75 Å². The Hall–Kier alpha value is -1.39. The standard InChI is InChI=1S/C16H16BrFO2/c1-10(2)20-15-6-4-3-5-13(15)16(19)12-8-7-11(17)9-14(12)18/h3-10,16,19H,1-2H3. The maximum absolute atomic E-state index is 13.9. The molecular weight excluding hydrogens is 323 g/mol. The number of ether oxygens (including phenoxy) is 1. The summed E-state index contributed by atoms with van der Waals surface area (Å²) in [6, 6.07) is 11.7. The second kappa shape index (κ2) is 6.37. The number of hydrogen-bond donors (Lipinski definition) is 1. The molecule has 0 bridgehead atoms. The first kappa shape index (κ1) is 15.0. The lowest BCUT2D eigenvalue weighted by Gasteiger charge is -2.18. The molecule has 2 rings (SSSR count). The van der Waals surface area contributed by atoms with E-state index in [1.54, 1.807) is 30.3 Å². The molecule has 0 fully saturated rings. The molecule has 0 spiro atoms. The van der Waals surface area contributed by atoms with Gasteiger partial charge in [-0.2, -0.15) is 0 Å². The fraction of sp³-hybridized carbons (Fsp3) is 0.250. The molecule has 0 amide bonds. The van der Waals surface area contributed by atoms with E-state index in [-0.39, 0.29) is 11.7 Å². The monoisotopic (exact) mass is 338 g/mol. The minimum absolute atomic E-state index is 0.0156. The normalized spacial score (nSPS) is 12.5. The first-order valence-electron chi connectivity index (χ1n) is 6.37. The smallest absolute Gasteiger partial charge is 0.130 e. The van der Waals surface area contributed by atoms with Gasteiger partial charge in [-0.15, -0.1) is 0 Å². The van der Waals surface area contributed by atoms with Crippen LogP contribution in [0.15, 0.2) is 46.9 Å². The Kier molecular flexibility index (Phi) is 4.78. The molecule has 106 valence electrons. The fourth-order valence-corrected chi connectivity index (χ4v) is 2.29. The average molecular weight is 339 g/mol. The van der Waals surface area contributed by atoms with Crippen molar-refractivity contribution in [2.75, 3.05) is 0 Å². The molecule has 4 heteroatoms. The molecule has 2 aromatic rings. The molecule has 1 atom stereocenters. The van der Waals surface area contributed by atoms with E-state index < -0.39 is 11.9 Å². The highest BCUT2D eigenvalue weighted by atomic mass is 79.9. The first-order valence-corrected chi connectivity index (χ1v) is 7.17. The van der Waals surface area contributed by atoms with E-state index in [0.29, 0.717) is 15.8 Å². The summed E-state index contributed by atoms with van der Waals surface area (Å²) in [4.78, 5) is 0. The van der Waals surface area contributed by atoms with E-state index in [2.05, 4.69) is 15.9 Å². The SMILES string of the molecule is CC(C)Oc1ccccc1C(O)c1ccc(Br)cc1F. The second-order valence-electron chi connectivity index (χ2n) is 4.77. The second-order valence-corrected chi connectivity index (χ2v) is 5.69. The summed E-state index contributed by atoms with van der Waals surface area (Å²) in [7, 11) is 0. The van der Waals surface area contributed by atoms with Crippen LogP contribution in [-0.4, -0.2) is 11.2 Å². The van der Waals surface area contributed by atoms with Crippen LogP contribution in [0.4, 0.5) is 4.39 Å². The van der Waals surface area contributed by atoms with Crippen molar-refractivity contribution < 1.29 is 14.2 Å². The lowest BCUT2D eigenvalue weighted by Crippen LogP contribution is -2.10. The molecule has 1 N–H and O–H groups in total. The van der Waals surface area contributed by atoms with Crippen LogP contribution in [0.25, 0.3) is 0 Å². The number of rotatable bonds is 4. The third kappa shape index (κ3) is 3.38. The lowest BCUT2D eigenvalue weighted by atomic mass is 10.00. The Morgan fingerprint density at radius 3 is 2.45 bits per heavy atom. The van der Waals surface area contributed by atoms with Crippen LogP contribution in [-0.2, 0) is 0 Å². The number of halogens is 2. The van der Waals surface area contributed by atoms with Gasteiger partial charge in [0.05, 0.1) is 6.10 Å². The lowest BCUT2D eigenvalue weighted by molar-refractivity contribution is 0.194. The summed E-state index contributed by atoms with van der Waals surface area (Å²) in [5.74, 6) is 0.114. The molecule has 2 nitrogen and oxygen atoms in total. The Morgan fingerprint density at radius 1 is 1.10 bits per heavy atom. The molecular formula is C16H16BrFO2. The maximum atomic E-state index is 13.9. The summed E-state index contributed by atoms with van der Waals surface area (Å²) in [5.41, 5.74) is 0.787. The van der Waals surface area contributed by atoms with E-state index in [1.807, 2.05) is 19.9 Å². The van der Waals surface area contributed by atoms with Crippen LogP contribution in [0.3, 0.4) is 0 Å². The summed E-state index contributed by atoms with van der Waals surface area (Å²) < 4.78 is 20.2. The van der Waals surface area contributed by atoms with Gasteiger partial charge < -0.3 is 9.84 Å². The van der Waals surface area contributed by atoms with Crippen LogP contribution in [0.1, 0.15) is 31.1 Å². The van der Waals surface area contributed by atoms with Gasteiger partial charge in [-0.3, -0.25) is 0 Å². The van der Waals surface area contributed by atoms with Crippen molar-refractivity contribution in [1.82, 2.24) is 0 Å². The van der Waals surface area contributed by atoms with Gasteiger partial charge in [-0.25, -0.2) is 4.39 Å². The third-order valence-corrected chi connectivity index (χ3v) is 3.33. The van der Waals surface area contributed by atoms with Gasteiger partial charge in [-0.05, 0) is 32.0 Å². The van der Waals surface area contributed by atoms with E-state index in [9.17, 15) is 9.50 Å². The van der Waals surface area contributed by atoms with Crippen molar-refractivity contribution in [1.29, 1.82) is 0 Å². The number of para-hydroxylation sites is 1. The van der Waals surface area contributed by atoms with E-state index >= 15 is 0 Å². The molecule has 0 heterocycles. The zero-order valence-corrected chi connectivity index (χ0v) is 12.9. The van der Waals surface area contributed by atoms with Crippen molar-refractivity contribution in [2.45, 2.75) is 26.1 Å². The summed E-state index contributed by atoms with van der Waals surface area (Å²) in [6.07, 6.45) is -1.07. The number of benzene rings is 2. The van der Waals surface area contributed by atoms with Crippen molar-refractivity contribution >= 4 is 15.9 Å². The van der Waals surface area contributed by atoms with Crippen molar-refractivity contribution in [3.05, 3.63) is 63.9 Å². The molecule has 0 saturated carbocycles. The molecule has 0 aromatic heterocycles. The van der Waals surface area contributed by atoms with Gasteiger partial charge in [0.1, 0.15) is 17.7 Å². The van der Waals surface area contributed by atoms with Gasteiger partial charge in [0.25, 0.3) is 0 Å². The highest BCUT2D eigenvalue weighted by molar-refractivity contribution is 9.10. The summed E-state index contributed by atoms with van der Waals surface area (Å²) in [6.45, 7) is 3.81. The highest BCUT2D eigenvalue weighted by Crippen LogP contribution is 2.32. The predicted octanol–water partition coefficient (Wildman–Crippen LogP) is 4.46. The van der Waals surface area contributed by atoms with Crippen LogP contribution >= 0.6 is 15.9 Å². The van der Waals surface area contributed by atoms with Gasteiger partial charge >= 0.3 is 0 Å². The molecule has 2 aromatic carbocycles. The van der Waals surface area contributed by atoms with Gasteiger partial charge in [0.2, 0.25) is 0 Å². The molecule has 0 radical (unpaired) electrons. The van der Waals surface area contributed by atoms with Crippen LogP contribution in [0.5, 0.6) is 5.75 Å². The molecule has 1 unspecified atom stereocenters. The van der Waals surface area contributed by atoms with Crippen LogP contribution in [0, 0.1) is 5.82 Å². The maximum Gasteiger partial charge on any atom is 0.130 e. The van der Waals surface area contributed by atoms with Crippen molar-refractivity contribution in [3.63, 3.8) is 0 Å². The molecule has 0 aliphatic carbocycles. The van der Waals surface area contributed by atoms with E-state index in [1.165, 1.54) is 6.07 Å². The average Bonchev–Trinajstić information content (AvgIpc) is 2.38. The largest absolute Gasteiger partial charge is 0.491 e. The molecule has 0 aliphatic heterocycles. The predicted molar refractivity (Wildman–Crippen MR) is 80.4 cm³/mol. The molecule has 0 saturated heterocycles. The Morgan fingerprint density at radius 2 is 1.80 bits per heavy atom. The highest BCUT2D eigenvalue weighted by Gasteiger charge is 2.19. The van der Waals surface area contributed by atoms with Gasteiger partial charge in [0.15, 0.2) is 0 Å². The summed E-state index contributed by atoms with van der Waals surface area (Å²) in [5, 5.41) is 10.4. The Balaban J connectivity index is 2.40. The fourth-order valence-electron chi connectivity index (χ4n) is 1.96. The topological polar surface area (TPSA) is 29.5 Å². The molecule has 0 aliphatic rings. The summed E-state index contributed by atoms with van der Waals surface area (Å²) >= 11 is 3.20. The Labute approximate surface area is 126 Å². The zero-order chi connectivity index (χ0) is 14.7. The van der Waals surface area contributed by atoms with Gasteiger partial charge in [0, 0.05) is 15.6 Å². The number of aliphatic hydroxyl groups excluding tert-OH is 1. The third-order valence-electron chi connectivity index (χ3n) is 2.83. The Bertz CT molecular complexity index is 599. The minimum atomic E-state index is -1.06. The quantitative estimate of drug-likeness (QED) is 0.891. The number of aliphatic hydroxyl groups is 1. The van der Waals surface area contributed by atoms with Crippen LogP contribution in [0.2, 0.25) is 0 Å². The van der Waals surface area contributed by atoms with E-state index in [4.69, 9.17) is 4.74 Å². The zero-order valence-electron chi connectivity index (χ0n) is 11.3. The number of hydrogen-bond acceptors (Lipinski definition) is 2. The van der Waals surface area contributed by atoms with Gasteiger partial charge in [-0.1, -0.05) is 40.2 Å². The van der Waals surface area contributed by atoms with Crippen LogP contribution < -0.4 is 4.74 Å². The minimum Gasteiger partial charge on any atom is -0.491 e.